The van der Waals surface area contributed by atoms with Crippen molar-refractivity contribution in [3.05, 3.63) is 29.8 Å². The molecule has 0 aliphatic carbocycles. The van der Waals surface area contributed by atoms with Crippen molar-refractivity contribution in [3.63, 3.8) is 0 Å². The molecule has 0 radical (unpaired) electrons. The molecule has 0 unspecified atom stereocenters. The van der Waals surface area contributed by atoms with Gasteiger partial charge in [-0.2, -0.15) is 0 Å². The molecule has 0 atom stereocenters. The van der Waals surface area contributed by atoms with Gasteiger partial charge < -0.3 is 10.5 Å². The first-order valence-electron chi connectivity index (χ1n) is 5.49. The van der Waals surface area contributed by atoms with Crippen molar-refractivity contribution in [2.75, 3.05) is 17.0 Å². The van der Waals surface area contributed by atoms with Gasteiger partial charge in [0.05, 0.1) is 17.8 Å². The highest BCUT2D eigenvalue weighted by Crippen LogP contribution is 2.36. The van der Waals surface area contributed by atoms with Crippen LogP contribution in [0.15, 0.2) is 12.6 Å². The second-order valence-corrected chi connectivity index (χ2v) is 4.83. The predicted molar refractivity (Wildman–Crippen MR) is 66.9 cm³/mol. The Balaban J connectivity index is 2.44. The maximum Gasteiger partial charge on any atom is 0.186 e. The first-order valence-corrected chi connectivity index (χ1v) is 5.49. The second kappa shape index (κ2) is 4.22. The van der Waals surface area contributed by atoms with Crippen molar-refractivity contribution in [1.29, 1.82) is 0 Å². The standard InChI is InChI=1S/C12H15F2N3O/c1-4-7-5-8-11(10(14)9(7)13)17(16-15-8)6-12(2,3)18/h4-5,15-16,18H,1,6H2,2-3H3. The third-order valence-electron chi connectivity index (χ3n) is 2.57. The Bertz CT molecular complexity index is 497. The first kappa shape index (κ1) is 12.8. The Hall–Kier alpha value is -1.66. The Labute approximate surface area is 104 Å². The summed E-state index contributed by atoms with van der Waals surface area (Å²) in [5, 5.41) is 11.1. The lowest BCUT2D eigenvalue weighted by Gasteiger charge is -2.26. The molecule has 0 fully saturated rings. The molecule has 4 nitrogen and oxygen atoms in total. The number of β-amino-alcohol motifs (C(OH)–C–C–N with tert-alkyl or cyclic N) is 1. The minimum atomic E-state index is -1.05. The highest BCUT2D eigenvalue weighted by Gasteiger charge is 2.30. The van der Waals surface area contributed by atoms with Crippen molar-refractivity contribution < 1.29 is 13.9 Å². The normalized spacial score (nSPS) is 14.4. The number of nitrogens with zero attached hydrogens (tertiary/aromatic N) is 1. The third-order valence-corrected chi connectivity index (χ3v) is 2.57. The van der Waals surface area contributed by atoms with Crippen LogP contribution in [0, 0.1) is 11.6 Å². The topological polar surface area (TPSA) is 47.5 Å². The van der Waals surface area contributed by atoms with E-state index in [1.165, 1.54) is 17.2 Å². The number of hydrogen-bond acceptors (Lipinski definition) is 4. The molecular formula is C12H15F2N3O. The van der Waals surface area contributed by atoms with Crippen LogP contribution in [-0.4, -0.2) is 17.3 Å². The van der Waals surface area contributed by atoms with Crippen molar-refractivity contribution in [3.8, 4) is 0 Å². The van der Waals surface area contributed by atoms with Gasteiger partial charge in [0, 0.05) is 5.56 Å². The number of anilines is 2. The lowest BCUT2D eigenvalue weighted by Crippen LogP contribution is -2.45. The van der Waals surface area contributed by atoms with E-state index in [4.69, 9.17) is 0 Å². The molecule has 0 spiro atoms. The van der Waals surface area contributed by atoms with Crippen LogP contribution in [0.25, 0.3) is 6.08 Å². The van der Waals surface area contributed by atoms with Gasteiger partial charge in [0.1, 0.15) is 5.69 Å². The SMILES string of the molecule is C=Cc1cc2c(c(F)c1F)N(CC(C)(C)O)NN2. The van der Waals surface area contributed by atoms with Crippen LogP contribution in [0.3, 0.4) is 0 Å². The Morgan fingerprint density at radius 3 is 2.67 bits per heavy atom. The van der Waals surface area contributed by atoms with E-state index in [-0.39, 0.29) is 17.8 Å². The summed E-state index contributed by atoms with van der Waals surface area (Å²) in [4.78, 5) is 0. The first-order chi connectivity index (χ1) is 8.33. The predicted octanol–water partition coefficient (Wildman–Crippen LogP) is 2.03. The van der Waals surface area contributed by atoms with E-state index >= 15 is 0 Å². The fourth-order valence-electron chi connectivity index (χ4n) is 1.83. The lowest BCUT2D eigenvalue weighted by atomic mass is 10.1. The van der Waals surface area contributed by atoms with Crippen LogP contribution in [0.4, 0.5) is 20.2 Å². The van der Waals surface area contributed by atoms with E-state index in [9.17, 15) is 13.9 Å². The Kier molecular flexibility index (Phi) is 3.00. The number of nitrogens with one attached hydrogen (secondary N) is 2. The van der Waals surface area contributed by atoms with Crippen molar-refractivity contribution in [2.24, 2.45) is 0 Å². The van der Waals surface area contributed by atoms with E-state index in [2.05, 4.69) is 17.5 Å². The lowest BCUT2D eigenvalue weighted by molar-refractivity contribution is 0.0856. The van der Waals surface area contributed by atoms with E-state index in [0.29, 0.717) is 5.69 Å². The van der Waals surface area contributed by atoms with Gasteiger partial charge in [0.15, 0.2) is 11.6 Å². The van der Waals surface area contributed by atoms with Gasteiger partial charge in [-0.1, -0.05) is 12.7 Å². The van der Waals surface area contributed by atoms with Crippen molar-refractivity contribution in [1.82, 2.24) is 5.53 Å². The Morgan fingerprint density at radius 2 is 2.11 bits per heavy atom. The maximum atomic E-state index is 13.9. The molecule has 0 saturated carbocycles. The average Bonchev–Trinajstić information content (AvgIpc) is 2.64. The molecule has 1 aliphatic heterocycles. The molecule has 0 amide bonds. The molecule has 1 aromatic rings. The fraction of sp³-hybridized carbons (Fsp3) is 0.333. The molecule has 3 N–H and O–H groups in total. The quantitative estimate of drug-likeness (QED) is 0.773. The smallest absolute Gasteiger partial charge is 0.186 e. The monoisotopic (exact) mass is 255 g/mol. The van der Waals surface area contributed by atoms with E-state index in [0.717, 1.165) is 0 Å². The van der Waals surface area contributed by atoms with Crippen LogP contribution in [0.1, 0.15) is 19.4 Å². The zero-order valence-corrected chi connectivity index (χ0v) is 10.2. The third kappa shape index (κ3) is 2.16. The zero-order chi connectivity index (χ0) is 13.5. The Morgan fingerprint density at radius 1 is 1.44 bits per heavy atom. The van der Waals surface area contributed by atoms with Gasteiger partial charge in [0.25, 0.3) is 0 Å². The summed E-state index contributed by atoms with van der Waals surface area (Å²) in [7, 11) is 0. The molecule has 0 bridgehead atoms. The molecule has 6 heteroatoms. The van der Waals surface area contributed by atoms with Gasteiger partial charge in [-0.05, 0) is 19.9 Å². The van der Waals surface area contributed by atoms with Crippen LogP contribution < -0.4 is 16.0 Å². The zero-order valence-electron chi connectivity index (χ0n) is 10.2. The van der Waals surface area contributed by atoms with Crippen LogP contribution in [-0.2, 0) is 0 Å². The number of benzene rings is 1. The highest BCUT2D eigenvalue weighted by molar-refractivity contribution is 5.77. The summed E-state index contributed by atoms with van der Waals surface area (Å²) in [6, 6.07) is 1.46. The van der Waals surface area contributed by atoms with E-state index in [1.54, 1.807) is 13.8 Å². The van der Waals surface area contributed by atoms with Gasteiger partial charge in [-0.15, -0.1) is 5.53 Å². The number of hydrogen-bond donors (Lipinski definition) is 3. The number of halogens is 2. The molecular weight excluding hydrogens is 240 g/mol. The van der Waals surface area contributed by atoms with Gasteiger partial charge in [0.2, 0.25) is 0 Å². The number of hydrazine groups is 2. The van der Waals surface area contributed by atoms with Crippen LogP contribution in [0.5, 0.6) is 0 Å². The van der Waals surface area contributed by atoms with Gasteiger partial charge >= 0.3 is 0 Å². The van der Waals surface area contributed by atoms with Gasteiger partial charge in [-0.25, -0.2) is 8.78 Å². The molecule has 1 aliphatic rings. The number of aliphatic hydroxyl groups is 1. The molecule has 0 aromatic heterocycles. The average molecular weight is 255 g/mol. The van der Waals surface area contributed by atoms with E-state index < -0.39 is 17.2 Å². The minimum absolute atomic E-state index is 0.0558. The van der Waals surface area contributed by atoms with Crippen LogP contribution >= 0.6 is 0 Å². The summed E-state index contributed by atoms with van der Waals surface area (Å²) in [6.07, 6.45) is 1.25. The summed E-state index contributed by atoms with van der Waals surface area (Å²) in [5.41, 5.74) is 4.92. The largest absolute Gasteiger partial charge is 0.389 e. The van der Waals surface area contributed by atoms with Crippen molar-refractivity contribution >= 4 is 17.5 Å². The molecule has 1 aromatic carbocycles. The number of fused-ring (bicyclic) bond motifs is 1. The van der Waals surface area contributed by atoms with Gasteiger partial charge in [-0.3, -0.25) is 5.01 Å². The van der Waals surface area contributed by atoms with E-state index in [1.807, 2.05) is 0 Å². The maximum absolute atomic E-state index is 13.9. The summed E-state index contributed by atoms with van der Waals surface area (Å²) < 4.78 is 27.6. The van der Waals surface area contributed by atoms with Crippen molar-refractivity contribution in [2.45, 2.75) is 19.4 Å². The molecule has 98 valence electrons. The molecule has 1 heterocycles. The molecule has 18 heavy (non-hydrogen) atoms. The summed E-state index contributed by atoms with van der Waals surface area (Å²) in [6.45, 7) is 6.70. The second-order valence-electron chi connectivity index (χ2n) is 4.83. The summed E-state index contributed by atoms with van der Waals surface area (Å²) in [5.74, 6) is -1.92. The fourth-order valence-corrected chi connectivity index (χ4v) is 1.83. The molecule has 0 saturated heterocycles. The molecule has 2 rings (SSSR count). The number of rotatable bonds is 3. The minimum Gasteiger partial charge on any atom is -0.389 e. The summed E-state index contributed by atoms with van der Waals surface area (Å²) >= 11 is 0. The van der Waals surface area contributed by atoms with Crippen LogP contribution in [0.2, 0.25) is 0 Å². The highest BCUT2D eigenvalue weighted by atomic mass is 19.2.